The van der Waals surface area contributed by atoms with E-state index < -0.39 is 10.7 Å². The minimum absolute atomic E-state index is 0.00173. The van der Waals surface area contributed by atoms with Gasteiger partial charge in [0.2, 0.25) is 11.8 Å². The molecule has 0 saturated carbocycles. The van der Waals surface area contributed by atoms with E-state index in [9.17, 15) is 14.4 Å². The summed E-state index contributed by atoms with van der Waals surface area (Å²) in [5, 5.41) is 5.29. The van der Waals surface area contributed by atoms with Gasteiger partial charge in [0.15, 0.2) is 4.75 Å². The maximum atomic E-state index is 12.8. The number of rotatable bonds is 5. The Hall–Kier alpha value is -2.02. The highest BCUT2D eigenvalue weighted by atomic mass is 32.2. The molecule has 0 radical (unpaired) electrons. The van der Waals surface area contributed by atoms with Gasteiger partial charge in [-0.2, -0.15) is 0 Å². The number of anilines is 1. The number of carbonyl (C=O) groups is 3. The summed E-state index contributed by atoms with van der Waals surface area (Å²) in [6.07, 6.45) is 0. The van der Waals surface area contributed by atoms with Crippen molar-refractivity contribution in [2.75, 3.05) is 18.0 Å². The molecule has 0 aliphatic carbocycles. The average molecular weight is 349 g/mol. The quantitative estimate of drug-likeness (QED) is 0.791. The van der Waals surface area contributed by atoms with Gasteiger partial charge in [-0.1, -0.05) is 23.9 Å². The maximum Gasteiger partial charge on any atom is 0.252 e. The number of para-hydroxylation sites is 1. The summed E-state index contributed by atoms with van der Waals surface area (Å²) in [6.45, 7) is 7.50. The lowest BCUT2D eigenvalue weighted by Crippen LogP contribution is -2.57. The monoisotopic (exact) mass is 349 g/mol. The van der Waals surface area contributed by atoms with Crippen LogP contribution < -0.4 is 15.5 Å². The third-order valence-electron chi connectivity index (χ3n) is 3.73. The summed E-state index contributed by atoms with van der Waals surface area (Å²) < 4.78 is -1.29. The first-order valence-electron chi connectivity index (χ1n) is 7.97. The lowest BCUT2D eigenvalue weighted by Gasteiger charge is -2.38. The fourth-order valence-electron chi connectivity index (χ4n) is 2.56. The van der Waals surface area contributed by atoms with E-state index in [2.05, 4.69) is 10.6 Å². The fraction of sp³-hybridized carbons (Fsp3) is 0.471. The molecule has 0 aromatic heterocycles. The SMILES string of the molecule is CCN1C(=O)C(C)(C(=O)NCC(=O)NC(C)C)Sc2ccccc21. The predicted molar refractivity (Wildman–Crippen MR) is 95.0 cm³/mol. The summed E-state index contributed by atoms with van der Waals surface area (Å²) in [4.78, 5) is 39.7. The van der Waals surface area contributed by atoms with E-state index in [0.29, 0.717) is 6.54 Å². The standard InChI is InChI=1S/C17H23N3O3S/c1-5-20-12-8-6-7-9-13(12)24-17(4,16(20)23)15(22)18-10-14(21)19-11(2)3/h6-9,11H,5,10H2,1-4H3,(H,18,22)(H,19,21). The van der Waals surface area contributed by atoms with Crippen molar-refractivity contribution in [2.45, 2.75) is 43.4 Å². The number of hydrogen-bond donors (Lipinski definition) is 2. The Morgan fingerprint density at radius 1 is 1.29 bits per heavy atom. The molecule has 1 heterocycles. The van der Waals surface area contributed by atoms with Gasteiger partial charge in [0.25, 0.3) is 5.91 Å². The molecule has 130 valence electrons. The first kappa shape index (κ1) is 18.3. The molecule has 0 bridgehead atoms. The molecule has 2 rings (SSSR count). The highest BCUT2D eigenvalue weighted by molar-refractivity contribution is 8.02. The van der Waals surface area contributed by atoms with Gasteiger partial charge in [0.05, 0.1) is 12.2 Å². The van der Waals surface area contributed by atoms with Gasteiger partial charge in [-0.15, -0.1) is 0 Å². The second-order valence-electron chi connectivity index (χ2n) is 6.06. The minimum atomic E-state index is -1.29. The van der Waals surface area contributed by atoms with Crippen molar-refractivity contribution in [1.82, 2.24) is 10.6 Å². The van der Waals surface area contributed by atoms with Crippen molar-refractivity contribution in [3.05, 3.63) is 24.3 Å². The average Bonchev–Trinajstić information content (AvgIpc) is 2.53. The van der Waals surface area contributed by atoms with Gasteiger partial charge >= 0.3 is 0 Å². The van der Waals surface area contributed by atoms with Crippen LogP contribution in [-0.4, -0.2) is 41.6 Å². The molecule has 7 heteroatoms. The highest BCUT2D eigenvalue weighted by Crippen LogP contribution is 2.45. The van der Waals surface area contributed by atoms with Crippen molar-refractivity contribution in [3.63, 3.8) is 0 Å². The van der Waals surface area contributed by atoms with Crippen LogP contribution in [0.2, 0.25) is 0 Å². The van der Waals surface area contributed by atoms with Crippen LogP contribution in [0.25, 0.3) is 0 Å². The largest absolute Gasteiger partial charge is 0.352 e. The van der Waals surface area contributed by atoms with E-state index in [1.807, 2.05) is 45.0 Å². The number of thioether (sulfide) groups is 1. The second-order valence-corrected chi connectivity index (χ2v) is 7.52. The van der Waals surface area contributed by atoms with E-state index >= 15 is 0 Å². The van der Waals surface area contributed by atoms with Gasteiger partial charge in [0.1, 0.15) is 0 Å². The number of carbonyl (C=O) groups excluding carboxylic acids is 3. The number of benzene rings is 1. The smallest absolute Gasteiger partial charge is 0.252 e. The molecule has 1 aliphatic rings. The van der Waals surface area contributed by atoms with Crippen LogP contribution in [0.1, 0.15) is 27.7 Å². The van der Waals surface area contributed by atoms with Crippen LogP contribution >= 0.6 is 11.8 Å². The number of hydrogen-bond acceptors (Lipinski definition) is 4. The molecule has 0 fully saturated rings. The first-order valence-corrected chi connectivity index (χ1v) is 8.79. The third-order valence-corrected chi connectivity index (χ3v) is 5.07. The summed E-state index contributed by atoms with van der Waals surface area (Å²) >= 11 is 1.23. The van der Waals surface area contributed by atoms with Crippen molar-refractivity contribution in [2.24, 2.45) is 0 Å². The third kappa shape index (κ3) is 3.56. The Morgan fingerprint density at radius 2 is 1.96 bits per heavy atom. The van der Waals surface area contributed by atoms with E-state index in [-0.39, 0.29) is 24.4 Å². The molecule has 3 amide bonds. The van der Waals surface area contributed by atoms with Gasteiger partial charge in [-0.3, -0.25) is 14.4 Å². The van der Waals surface area contributed by atoms with E-state index in [0.717, 1.165) is 10.6 Å². The zero-order chi connectivity index (χ0) is 17.9. The molecule has 24 heavy (non-hydrogen) atoms. The van der Waals surface area contributed by atoms with Crippen LogP contribution in [0, 0.1) is 0 Å². The molecule has 1 aliphatic heterocycles. The number of nitrogens with zero attached hydrogens (tertiary/aromatic N) is 1. The lowest BCUT2D eigenvalue weighted by atomic mass is 10.1. The van der Waals surface area contributed by atoms with Crippen molar-refractivity contribution in [1.29, 1.82) is 0 Å². The van der Waals surface area contributed by atoms with Crippen LogP contribution in [0.5, 0.6) is 0 Å². The Bertz CT molecular complexity index is 662. The van der Waals surface area contributed by atoms with Crippen molar-refractivity contribution >= 4 is 35.2 Å². The lowest BCUT2D eigenvalue weighted by molar-refractivity contribution is -0.133. The molecule has 6 nitrogen and oxygen atoms in total. The number of nitrogens with one attached hydrogen (secondary N) is 2. The highest BCUT2D eigenvalue weighted by Gasteiger charge is 2.48. The fourth-order valence-corrected chi connectivity index (χ4v) is 3.79. The summed E-state index contributed by atoms with van der Waals surface area (Å²) in [7, 11) is 0. The molecule has 1 unspecified atom stereocenters. The normalized spacial score (nSPS) is 19.9. The molecular weight excluding hydrogens is 326 g/mol. The van der Waals surface area contributed by atoms with Gasteiger partial charge < -0.3 is 15.5 Å². The van der Waals surface area contributed by atoms with Gasteiger partial charge in [-0.25, -0.2) is 0 Å². The minimum Gasteiger partial charge on any atom is -0.352 e. The Kier molecular flexibility index (Phi) is 5.54. The molecule has 1 aromatic carbocycles. The van der Waals surface area contributed by atoms with Gasteiger partial charge in [-0.05, 0) is 39.8 Å². The van der Waals surface area contributed by atoms with Crippen LogP contribution in [0.4, 0.5) is 5.69 Å². The Labute approximate surface area is 146 Å². The van der Waals surface area contributed by atoms with Crippen LogP contribution in [0.3, 0.4) is 0 Å². The molecule has 2 N–H and O–H groups in total. The number of fused-ring (bicyclic) bond motifs is 1. The number of amides is 3. The summed E-state index contributed by atoms with van der Waals surface area (Å²) in [5.41, 5.74) is 0.817. The Balaban J connectivity index is 2.18. The summed E-state index contributed by atoms with van der Waals surface area (Å²) in [6, 6.07) is 7.51. The van der Waals surface area contributed by atoms with Crippen molar-refractivity contribution < 1.29 is 14.4 Å². The molecule has 0 saturated heterocycles. The predicted octanol–water partition coefficient (Wildman–Crippen LogP) is 1.54. The van der Waals surface area contributed by atoms with E-state index in [4.69, 9.17) is 0 Å². The van der Waals surface area contributed by atoms with Gasteiger partial charge in [0, 0.05) is 17.5 Å². The van der Waals surface area contributed by atoms with Crippen LogP contribution in [-0.2, 0) is 14.4 Å². The van der Waals surface area contributed by atoms with Crippen LogP contribution in [0.15, 0.2) is 29.2 Å². The Morgan fingerprint density at radius 3 is 2.58 bits per heavy atom. The molecular formula is C17H23N3O3S. The topological polar surface area (TPSA) is 78.5 Å². The maximum absolute atomic E-state index is 12.8. The summed E-state index contributed by atoms with van der Waals surface area (Å²) in [5.74, 6) is -0.997. The van der Waals surface area contributed by atoms with E-state index in [1.165, 1.54) is 11.8 Å². The zero-order valence-electron chi connectivity index (χ0n) is 14.4. The molecule has 1 atom stereocenters. The van der Waals surface area contributed by atoms with E-state index in [1.54, 1.807) is 11.8 Å². The molecule has 0 spiro atoms. The van der Waals surface area contributed by atoms with Crippen molar-refractivity contribution in [3.8, 4) is 0 Å². The first-order chi connectivity index (χ1) is 11.3. The molecule has 1 aromatic rings. The second kappa shape index (κ2) is 7.25. The zero-order valence-corrected chi connectivity index (χ0v) is 15.2.